The van der Waals surface area contributed by atoms with E-state index < -0.39 is 5.91 Å². The fourth-order valence-corrected chi connectivity index (χ4v) is 2.47. The molecule has 0 aliphatic heterocycles. The fourth-order valence-electron chi connectivity index (χ4n) is 1.31. The van der Waals surface area contributed by atoms with Crippen LogP contribution in [0.3, 0.4) is 0 Å². The first-order valence-electron chi connectivity index (χ1n) is 5.92. The molecule has 0 heterocycles. The van der Waals surface area contributed by atoms with E-state index in [2.05, 4.69) is 5.32 Å². The number of nitrogens with one attached hydrogen (secondary N) is 1. The van der Waals surface area contributed by atoms with Gasteiger partial charge in [-0.25, -0.2) is 0 Å². The Morgan fingerprint density at radius 2 is 2.11 bits per heavy atom. The van der Waals surface area contributed by atoms with Gasteiger partial charge < -0.3 is 5.73 Å². The van der Waals surface area contributed by atoms with Gasteiger partial charge in [-0.1, -0.05) is 23.7 Å². The van der Waals surface area contributed by atoms with Gasteiger partial charge in [-0.2, -0.15) is 11.8 Å². The number of carbonyl (C=O) groups is 2. The normalized spacial score (nSPS) is 11.9. The van der Waals surface area contributed by atoms with Gasteiger partial charge in [-0.05, 0) is 31.2 Å². The SMILES string of the molecule is CC(N)CCSCC(=O)NC(=O)c1ccccc1Cl. The number of amides is 2. The summed E-state index contributed by atoms with van der Waals surface area (Å²) in [6.07, 6.45) is 0.844. The molecule has 3 N–H and O–H groups in total. The van der Waals surface area contributed by atoms with Gasteiger partial charge in [0.15, 0.2) is 0 Å². The van der Waals surface area contributed by atoms with Crippen LogP contribution < -0.4 is 11.1 Å². The maximum Gasteiger partial charge on any atom is 0.259 e. The van der Waals surface area contributed by atoms with Gasteiger partial charge >= 0.3 is 0 Å². The van der Waals surface area contributed by atoms with E-state index in [1.165, 1.54) is 11.8 Å². The summed E-state index contributed by atoms with van der Waals surface area (Å²) in [7, 11) is 0. The van der Waals surface area contributed by atoms with Crippen molar-refractivity contribution in [2.45, 2.75) is 19.4 Å². The molecule has 1 aromatic carbocycles. The number of rotatable bonds is 6. The predicted octanol–water partition coefficient (Wildman–Crippen LogP) is 2.07. The van der Waals surface area contributed by atoms with Crippen molar-refractivity contribution >= 4 is 35.2 Å². The molecule has 2 amide bonds. The minimum atomic E-state index is -0.469. The Hall–Kier alpha value is -1.04. The Balaban J connectivity index is 2.37. The summed E-state index contributed by atoms with van der Waals surface area (Å²) in [5.74, 6) is 0.247. The van der Waals surface area contributed by atoms with Crippen LogP contribution >= 0.6 is 23.4 Å². The number of benzene rings is 1. The van der Waals surface area contributed by atoms with Crippen LogP contribution in [-0.2, 0) is 4.79 Å². The maximum absolute atomic E-state index is 11.8. The van der Waals surface area contributed by atoms with E-state index in [-0.39, 0.29) is 17.7 Å². The Labute approximate surface area is 122 Å². The molecule has 6 heteroatoms. The molecule has 1 atom stereocenters. The summed E-state index contributed by atoms with van der Waals surface area (Å²) in [6.45, 7) is 1.92. The Morgan fingerprint density at radius 3 is 2.74 bits per heavy atom. The molecule has 0 saturated carbocycles. The van der Waals surface area contributed by atoms with Crippen molar-refractivity contribution in [1.29, 1.82) is 0 Å². The summed E-state index contributed by atoms with van der Waals surface area (Å²) >= 11 is 7.33. The molecule has 1 aromatic rings. The van der Waals surface area contributed by atoms with Crippen molar-refractivity contribution in [3.8, 4) is 0 Å². The minimum absolute atomic E-state index is 0.125. The van der Waals surface area contributed by atoms with Crippen LogP contribution in [0.4, 0.5) is 0 Å². The highest BCUT2D eigenvalue weighted by molar-refractivity contribution is 7.99. The van der Waals surface area contributed by atoms with Crippen LogP contribution in [0.15, 0.2) is 24.3 Å². The molecule has 0 bridgehead atoms. The standard InChI is InChI=1S/C13H17ClN2O2S/c1-9(15)6-7-19-8-12(17)16-13(18)10-4-2-3-5-11(10)14/h2-5,9H,6-8,15H2,1H3,(H,16,17,18). The summed E-state index contributed by atoms with van der Waals surface area (Å²) in [5, 5.41) is 2.64. The van der Waals surface area contributed by atoms with Crippen LogP contribution in [0, 0.1) is 0 Å². The highest BCUT2D eigenvalue weighted by atomic mass is 35.5. The second kappa shape index (κ2) is 8.19. The van der Waals surface area contributed by atoms with Crippen LogP contribution in [0.25, 0.3) is 0 Å². The maximum atomic E-state index is 11.8. The zero-order valence-electron chi connectivity index (χ0n) is 10.7. The molecule has 0 aliphatic carbocycles. The highest BCUT2D eigenvalue weighted by Crippen LogP contribution is 2.14. The van der Waals surface area contributed by atoms with E-state index in [1.807, 2.05) is 6.92 Å². The van der Waals surface area contributed by atoms with E-state index in [4.69, 9.17) is 17.3 Å². The summed E-state index contributed by atoms with van der Waals surface area (Å²) in [5.41, 5.74) is 5.90. The topological polar surface area (TPSA) is 72.2 Å². The molecule has 1 unspecified atom stereocenters. The second-order valence-corrected chi connectivity index (χ2v) is 5.69. The number of thioether (sulfide) groups is 1. The lowest BCUT2D eigenvalue weighted by molar-refractivity contribution is -0.117. The van der Waals surface area contributed by atoms with Crippen molar-refractivity contribution in [3.63, 3.8) is 0 Å². The first kappa shape index (κ1) is 16.0. The van der Waals surface area contributed by atoms with E-state index in [0.717, 1.165) is 12.2 Å². The molecular formula is C13H17ClN2O2S. The van der Waals surface area contributed by atoms with E-state index in [1.54, 1.807) is 24.3 Å². The summed E-state index contributed by atoms with van der Waals surface area (Å²) in [4.78, 5) is 23.3. The average Bonchev–Trinajstić information content (AvgIpc) is 2.35. The van der Waals surface area contributed by atoms with Gasteiger partial charge in [0.2, 0.25) is 5.91 Å². The van der Waals surface area contributed by atoms with E-state index in [9.17, 15) is 9.59 Å². The minimum Gasteiger partial charge on any atom is -0.328 e. The van der Waals surface area contributed by atoms with Crippen LogP contribution in [0.2, 0.25) is 5.02 Å². The molecule has 4 nitrogen and oxygen atoms in total. The van der Waals surface area contributed by atoms with E-state index in [0.29, 0.717) is 10.6 Å². The zero-order valence-corrected chi connectivity index (χ0v) is 12.3. The predicted molar refractivity (Wildman–Crippen MR) is 79.5 cm³/mol. The van der Waals surface area contributed by atoms with Gasteiger partial charge in [0.1, 0.15) is 0 Å². The van der Waals surface area contributed by atoms with Crippen molar-refractivity contribution < 1.29 is 9.59 Å². The van der Waals surface area contributed by atoms with Crippen LogP contribution in [0.1, 0.15) is 23.7 Å². The lowest BCUT2D eigenvalue weighted by Gasteiger charge is -2.06. The van der Waals surface area contributed by atoms with Gasteiger partial charge in [0.25, 0.3) is 5.91 Å². The molecule has 0 fully saturated rings. The van der Waals surface area contributed by atoms with Crippen LogP contribution in [-0.4, -0.2) is 29.4 Å². The third-order valence-corrected chi connectivity index (χ3v) is 3.64. The Kier molecular flexibility index (Phi) is 6.91. The van der Waals surface area contributed by atoms with E-state index >= 15 is 0 Å². The quantitative estimate of drug-likeness (QED) is 0.789. The second-order valence-electron chi connectivity index (χ2n) is 4.18. The zero-order chi connectivity index (χ0) is 14.3. The largest absolute Gasteiger partial charge is 0.328 e. The number of halogens is 1. The molecule has 0 spiro atoms. The lowest BCUT2D eigenvalue weighted by Crippen LogP contribution is -2.32. The Morgan fingerprint density at radius 1 is 1.42 bits per heavy atom. The highest BCUT2D eigenvalue weighted by Gasteiger charge is 2.12. The third kappa shape index (κ3) is 6.09. The molecule has 0 aromatic heterocycles. The molecule has 104 valence electrons. The molecule has 1 rings (SSSR count). The lowest BCUT2D eigenvalue weighted by atomic mass is 10.2. The first-order chi connectivity index (χ1) is 9.00. The van der Waals surface area contributed by atoms with Crippen molar-refractivity contribution in [1.82, 2.24) is 5.32 Å². The summed E-state index contributed by atoms with van der Waals surface area (Å²) in [6, 6.07) is 6.74. The first-order valence-corrected chi connectivity index (χ1v) is 7.46. The van der Waals surface area contributed by atoms with Gasteiger partial charge in [0, 0.05) is 6.04 Å². The third-order valence-electron chi connectivity index (χ3n) is 2.32. The Bertz CT molecular complexity index is 452. The number of hydrogen-bond donors (Lipinski definition) is 2. The smallest absolute Gasteiger partial charge is 0.259 e. The number of carbonyl (C=O) groups excluding carboxylic acids is 2. The average molecular weight is 301 g/mol. The van der Waals surface area contributed by atoms with Crippen molar-refractivity contribution in [2.24, 2.45) is 5.73 Å². The molecule has 0 saturated heterocycles. The monoisotopic (exact) mass is 300 g/mol. The molecular weight excluding hydrogens is 284 g/mol. The summed E-state index contributed by atoms with van der Waals surface area (Å²) < 4.78 is 0. The fraction of sp³-hybridized carbons (Fsp3) is 0.385. The number of nitrogens with two attached hydrogens (primary N) is 1. The molecule has 0 radical (unpaired) electrons. The molecule has 19 heavy (non-hydrogen) atoms. The van der Waals surface area contributed by atoms with Crippen molar-refractivity contribution in [2.75, 3.05) is 11.5 Å². The van der Waals surface area contributed by atoms with Gasteiger partial charge in [0.05, 0.1) is 16.3 Å². The van der Waals surface area contributed by atoms with Gasteiger partial charge in [-0.3, -0.25) is 14.9 Å². The van der Waals surface area contributed by atoms with Gasteiger partial charge in [-0.15, -0.1) is 0 Å². The van der Waals surface area contributed by atoms with Crippen LogP contribution in [0.5, 0.6) is 0 Å². The number of hydrogen-bond acceptors (Lipinski definition) is 4. The molecule has 0 aliphatic rings. The van der Waals surface area contributed by atoms with Crippen molar-refractivity contribution in [3.05, 3.63) is 34.9 Å². The number of imide groups is 1.